The third kappa shape index (κ3) is 5.34. The summed E-state index contributed by atoms with van der Waals surface area (Å²) >= 11 is 0. The maximum Gasteiger partial charge on any atom is 0.133 e. The summed E-state index contributed by atoms with van der Waals surface area (Å²) in [6.07, 6.45) is 20.3. The van der Waals surface area contributed by atoms with E-state index in [1.165, 1.54) is 53.7 Å². The summed E-state index contributed by atoms with van der Waals surface area (Å²) in [5.74, 6) is 1.46. The zero-order chi connectivity index (χ0) is 21.6. The summed E-state index contributed by atoms with van der Waals surface area (Å²) < 4.78 is 0. The molecular formula is C29H43NO. The van der Waals surface area contributed by atoms with Gasteiger partial charge in [0.05, 0.1) is 5.71 Å². The maximum absolute atomic E-state index is 12.9. The number of ketones is 1. The van der Waals surface area contributed by atoms with E-state index in [1.807, 2.05) is 6.20 Å². The monoisotopic (exact) mass is 421 g/mol. The molecule has 1 saturated carbocycles. The second-order valence-corrected chi connectivity index (χ2v) is 9.60. The van der Waals surface area contributed by atoms with E-state index in [0.717, 1.165) is 38.5 Å². The molecule has 1 unspecified atom stereocenters. The molecule has 1 aromatic rings. The first-order chi connectivity index (χ1) is 15.2. The number of carbonyl (C=O) groups is 1. The Balaban J connectivity index is 0.00000193. The van der Waals surface area contributed by atoms with Crippen LogP contribution in [0, 0.1) is 18.8 Å². The van der Waals surface area contributed by atoms with Gasteiger partial charge < -0.3 is 0 Å². The molecule has 2 aliphatic carbocycles. The van der Waals surface area contributed by atoms with Crippen LogP contribution in [-0.2, 0) is 17.6 Å². The molecule has 0 aromatic heterocycles. The number of rotatable bonds is 7. The molecule has 4 rings (SSSR count). The highest BCUT2D eigenvalue weighted by atomic mass is 16.1. The Morgan fingerprint density at radius 1 is 1.23 bits per heavy atom. The molecule has 0 amide bonds. The molecule has 0 bridgehead atoms. The minimum Gasteiger partial charge on any atom is -0.300 e. The van der Waals surface area contributed by atoms with Crippen LogP contribution in [0.4, 0.5) is 0 Å². The number of benzene rings is 1. The molecule has 31 heavy (non-hydrogen) atoms. The smallest absolute Gasteiger partial charge is 0.133 e. The van der Waals surface area contributed by atoms with Crippen molar-refractivity contribution in [3.63, 3.8) is 0 Å². The predicted octanol–water partition coefficient (Wildman–Crippen LogP) is 8.00. The second kappa shape index (κ2) is 10.4. The van der Waals surface area contributed by atoms with Crippen LogP contribution in [0.25, 0.3) is 0 Å². The fourth-order valence-electron chi connectivity index (χ4n) is 5.78. The van der Waals surface area contributed by atoms with Gasteiger partial charge in [0.1, 0.15) is 5.78 Å². The fraction of sp³-hybridized carbons (Fsp3) is 0.517. The summed E-state index contributed by atoms with van der Waals surface area (Å²) in [7, 11) is 0. The lowest BCUT2D eigenvalue weighted by molar-refractivity contribution is -0.120. The van der Waals surface area contributed by atoms with E-state index in [0.29, 0.717) is 24.0 Å². The van der Waals surface area contributed by atoms with Crippen LogP contribution < -0.4 is 0 Å². The Morgan fingerprint density at radius 3 is 3.00 bits per heavy atom. The number of allylic oxidation sites excluding steroid dienone is 5. The average Bonchev–Trinajstić information content (AvgIpc) is 3.01. The van der Waals surface area contributed by atoms with Crippen LogP contribution in [0.3, 0.4) is 0 Å². The first-order valence-corrected chi connectivity index (χ1v) is 12.4. The highest BCUT2D eigenvalue weighted by molar-refractivity contribution is 6.05. The van der Waals surface area contributed by atoms with Gasteiger partial charge in [0, 0.05) is 29.2 Å². The Labute approximate surface area is 192 Å². The van der Waals surface area contributed by atoms with Crippen molar-refractivity contribution in [3.8, 4) is 0 Å². The van der Waals surface area contributed by atoms with Crippen molar-refractivity contribution in [2.45, 2.75) is 84.5 Å². The summed E-state index contributed by atoms with van der Waals surface area (Å²) in [4.78, 5) is 17.8. The molecule has 2 atom stereocenters. The zero-order valence-electron chi connectivity index (χ0n) is 19.3. The maximum atomic E-state index is 12.9. The zero-order valence-corrected chi connectivity index (χ0v) is 19.3. The number of hydrogen-bond acceptors (Lipinski definition) is 2. The molecular weight excluding hydrogens is 378 g/mol. The van der Waals surface area contributed by atoms with E-state index in [9.17, 15) is 4.79 Å². The molecule has 0 spiro atoms. The third-order valence-electron chi connectivity index (χ3n) is 7.47. The first kappa shape index (κ1) is 22.0. The van der Waals surface area contributed by atoms with Crippen LogP contribution in [0.2, 0.25) is 0 Å². The summed E-state index contributed by atoms with van der Waals surface area (Å²) in [5.41, 5.74) is 8.37. The molecule has 0 radical (unpaired) electrons. The van der Waals surface area contributed by atoms with E-state index in [2.05, 4.69) is 50.3 Å². The number of aliphatic imine (C=N–C) groups is 1. The van der Waals surface area contributed by atoms with Gasteiger partial charge in [-0.1, -0.05) is 55.3 Å². The number of aryl methyl sites for hydroxylation is 2. The van der Waals surface area contributed by atoms with E-state index in [4.69, 9.17) is 4.99 Å². The Morgan fingerprint density at radius 2 is 2.13 bits per heavy atom. The second-order valence-electron chi connectivity index (χ2n) is 9.60. The lowest BCUT2D eigenvalue weighted by Crippen LogP contribution is -2.26. The SMILES string of the molecule is CCc1cccc(C)c1CCC(=O)C[C@@H]1CCCC(C2=NC=CCC3=C2C=CCC3)C1.[HH].[HH].[HH]. The van der Waals surface area contributed by atoms with Crippen LogP contribution in [0.1, 0.15) is 85.7 Å². The number of Topliss-reactive ketones (excluding diaryl/α,β-unsaturated/α-hetero) is 1. The number of nitrogens with zero attached hydrogens (tertiary/aromatic N) is 1. The van der Waals surface area contributed by atoms with E-state index >= 15 is 0 Å². The Bertz CT molecular complexity index is 945. The Hall–Kier alpha value is -2.22. The van der Waals surface area contributed by atoms with Crippen molar-refractivity contribution in [3.05, 3.63) is 70.5 Å². The van der Waals surface area contributed by atoms with Gasteiger partial charge in [-0.15, -0.1) is 0 Å². The van der Waals surface area contributed by atoms with Crippen LogP contribution in [0.15, 0.2) is 58.8 Å². The van der Waals surface area contributed by atoms with Crippen LogP contribution in [-0.4, -0.2) is 11.5 Å². The summed E-state index contributed by atoms with van der Waals surface area (Å²) in [6, 6.07) is 6.52. The molecule has 1 aromatic carbocycles. The average molecular weight is 422 g/mol. The van der Waals surface area contributed by atoms with Gasteiger partial charge >= 0.3 is 0 Å². The topological polar surface area (TPSA) is 29.4 Å². The fourth-order valence-corrected chi connectivity index (χ4v) is 5.78. The van der Waals surface area contributed by atoms with Crippen molar-refractivity contribution in [1.29, 1.82) is 0 Å². The number of carbonyl (C=O) groups excluding carboxylic acids is 1. The predicted molar refractivity (Wildman–Crippen MR) is 137 cm³/mol. The molecule has 3 aliphatic rings. The lowest BCUT2D eigenvalue weighted by atomic mass is 9.74. The van der Waals surface area contributed by atoms with Gasteiger partial charge in [0.2, 0.25) is 0 Å². The van der Waals surface area contributed by atoms with Gasteiger partial charge in [-0.3, -0.25) is 9.79 Å². The van der Waals surface area contributed by atoms with E-state index in [-0.39, 0.29) is 4.28 Å². The highest BCUT2D eigenvalue weighted by Crippen LogP contribution is 2.37. The van der Waals surface area contributed by atoms with Crippen LogP contribution >= 0.6 is 0 Å². The van der Waals surface area contributed by atoms with Gasteiger partial charge in [0.25, 0.3) is 0 Å². The van der Waals surface area contributed by atoms with E-state index < -0.39 is 0 Å². The van der Waals surface area contributed by atoms with E-state index in [1.54, 1.807) is 5.57 Å². The normalized spacial score (nSPS) is 23.4. The molecule has 1 heterocycles. The van der Waals surface area contributed by atoms with Crippen molar-refractivity contribution in [2.24, 2.45) is 16.8 Å². The van der Waals surface area contributed by atoms with Gasteiger partial charge in [-0.05, 0) is 86.5 Å². The Kier molecular flexibility index (Phi) is 7.37. The minimum atomic E-state index is 0. The molecule has 2 nitrogen and oxygen atoms in total. The molecule has 170 valence electrons. The molecule has 0 saturated heterocycles. The first-order valence-electron chi connectivity index (χ1n) is 12.4. The van der Waals surface area contributed by atoms with Crippen molar-refractivity contribution in [2.75, 3.05) is 0 Å². The molecule has 1 aliphatic heterocycles. The van der Waals surface area contributed by atoms with Gasteiger partial charge in [-0.2, -0.15) is 0 Å². The standard InChI is InChI=1S/C29H37NO.3H2/c1-3-23-12-6-9-21(2)27(23)17-16-26(31)20-22-10-7-13-25(19-22)29-28-15-5-4-11-24(28)14-8-18-30-29;;;/h5-6,8-9,12,15,18,22,25H,3-4,7,10-11,13-14,16-17,19-20H2,1-2H3;3*1H/t22-,25?;;;/m1.../s1. The van der Waals surface area contributed by atoms with Crippen LogP contribution in [0.5, 0.6) is 0 Å². The summed E-state index contributed by atoms with van der Waals surface area (Å²) in [5, 5.41) is 0. The van der Waals surface area contributed by atoms with Crippen molar-refractivity contribution >= 4 is 11.5 Å². The largest absolute Gasteiger partial charge is 0.300 e. The minimum absolute atomic E-state index is 0. The van der Waals surface area contributed by atoms with Gasteiger partial charge in [-0.25, -0.2) is 0 Å². The van der Waals surface area contributed by atoms with Crippen molar-refractivity contribution in [1.82, 2.24) is 0 Å². The highest BCUT2D eigenvalue weighted by Gasteiger charge is 2.29. The quantitative estimate of drug-likeness (QED) is 0.438. The summed E-state index contributed by atoms with van der Waals surface area (Å²) in [6.45, 7) is 4.38. The number of hydrogen-bond donors (Lipinski definition) is 0. The molecule has 0 N–H and O–H groups in total. The van der Waals surface area contributed by atoms with Crippen molar-refractivity contribution < 1.29 is 9.07 Å². The van der Waals surface area contributed by atoms with Gasteiger partial charge in [0.15, 0.2) is 0 Å². The molecule has 1 fully saturated rings. The lowest BCUT2D eigenvalue weighted by Gasteiger charge is -2.31. The molecule has 2 heteroatoms. The third-order valence-corrected chi connectivity index (χ3v) is 7.47.